The number of allylic oxidation sites excluding steroid dienone is 2. The van der Waals surface area contributed by atoms with Crippen molar-refractivity contribution >= 4 is 5.71 Å². The summed E-state index contributed by atoms with van der Waals surface area (Å²) in [7, 11) is 1.75. The molecule has 0 aromatic carbocycles. The molecular formula is C8H14N2. The highest BCUT2D eigenvalue weighted by molar-refractivity contribution is 5.87. The van der Waals surface area contributed by atoms with Crippen LogP contribution in [-0.4, -0.2) is 12.8 Å². The van der Waals surface area contributed by atoms with Crippen LogP contribution in [-0.2, 0) is 0 Å². The van der Waals surface area contributed by atoms with Gasteiger partial charge in [-0.25, -0.2) is 0 Å². The molecule has 2 heteroatoms. The van der Waals surface area contributed by atoms with Crippen LogP contribution in [0.3, 0.4) is 0 Å². The zero-order valence-corrected chi connectivity index (χ0v) is 6.43. The molecule has 0 spiro atoms. The fraction of sp³-hybridized carbons (Fsp3) is 0.375. The van der Waals surface area contributed by atoms with Crippen molar-refractivity contribution in [1.29, 1.82) is 0 Å². The lowest BCUT2D eigenvalue weighted by Crippen LogP contribution is -2.04. The molecule has 0 saturated carbocycles. The topological polar surface area (TPSA) is 38.4 Å². The van der Waals surface area contributed by atoms with Gasteiger partial charge in [-0.2, -0.15) is 0 Å². The molecule has 0 amide bonds. The van der Waals surface area contributed by atoms with Crippen molar-refractivity contribution in [1.82, 2.24) is 0 Å². The van der Waals surface area contributed by atoms with Gasteiger partial charge < -0.3 is 5.73 Å². The molecule has 56 valence electrons. The number of nitrogens with zero attached hydrogens (tertiary/aromatic N) is 1. The zero-order chi connectivity index (χ0) is 7.98. The minimum Gasteiger partial charge on any atom is -0.402 e. The lowest BCUT2D eigenvalue weighted by atomic mass is 10.2. The maximum absolute atomic E-state index is 5.39. The summed E-state index contributed by atoms with van der Waals surface area (Å²) in [6, 6.07) is 0. The van der Waals surface area contributed by atoms with Gasteiger partial charge in [0.15, 0.2) is 0 Å². The van der Waals surface area contributed by atoms with Crippen molar-refractivity contribution in [3.05, 3.63) is 24.9 Å². The van der Waals surface area contributed by atoms with E-state index in [1.165, 1.54) is 0 Å². The van der Waals surface area contributed by atoms with Crippen molar-refractivity contribution < 1.29 is 0 Å². The summed E-state index contributed by atoms with van der Waals surface area (Å²) in [5, 5.41) is 0. The van der Waals surface area contributed by atoms with E-state index in [0.717, 1.165) is 12.1 Å². The summed E-state index contributed by atoms with van der Waals surface area (Å²) in [4.78, 5) is 4.02. The molecule has 2 nitrogen and oxygen atoms in total. The molecule has 0 aromatic heterocycles. The molecule has 0 fully saturated rings. The predicted molar refractivity (Wildman–Crippen MR) is 46.1 cm³/mol. The minimum atomic E-state index is 0.655. The van der Waals surface area contributed by atoms with Gasteiger partial charge in [-0.05, 0) is 0 Å². The Hall–Kier alpha value is -1.05. The molecule has 0 radical (unpaired) electrons. The Morgan fingerprint density at radius 3 is 2.60 bits per heavy atom. The van der Waals surface area contributed by atoms with E-state index >= 15 is 0 Å². The highest BCUT2D eigenvalue weighted by Gasteiger charge is 1.94. The fourth-order valence-electron chi connectivity index (χ4n) is 0.671. The molecule has 0 bridgehead atoms. The Bertz CT molecular complexity index is 157. The van der Waals surface area contributed by atoms with Gasteiger partial charge in [-0.3, -0.25) is 4.99 Å². The molecule has 0 aromatic rings. The lowest BCUT2D eigenvalue weighted by molar-refractivity contribution is 1.16. The van der Waals surface area contributed by atoms with E-state index in [9.17, 15) is 0 Å². The van der Waals surface area contributed by atoms with E-state index in [1.807, 2.05) is 6.08 Å². The molecular weight excluding hydrogens is 124 g/mol. The lowest BCUT2D eigenvalue weighted by Gasteiger charge is -2.00. The average Bonchev–Trinajstić information content (AvgIpc) is 1.86. The van der Waals surface area contributed by atoms with Gasteiger partial charge in [0.2, 0.25) is 0 Å². The second kappa shape index (κ2) is 4.79. The first-order valence-electron chi connectivity index (χ1n) is 3.19. The van der Waals surface area contributed by atoms with Crippen LogP contribution in [0.15, 0.2) is 29.9 Å². The summed E-state index contributed by atoms with van der Waals surface area (Å²) >= 11 is 0. The van der Waals surface area contributed by atoms with Gasteiger partial charge in [-0.1, -0.05) is 12.7 Å². The van der Waals surface area contributed by atoms with E-state index in [4.69, 9.17) is 5.73 Å². The van der Waals surface area contributed by atoms with Crippen LogP contribution >= 0.6 is 0 Å². The monoisotopic (exact) mass is 138 g/mol. The van der Waals surface area contributed by atoms with Crippen LogP contribution < -0.4 is 5.73 Å². The van der Waals surface area contributed by atoms with Crippen molar-refractivity contribution in [2.75, 3.05) is 7.05 Å². The molecule has 0 aliphatic rings. The van der Waals surface area contributed by atoms with Crippen molar-refractivity contribution in [2.45, 2.75) is 12.8 Å². The average molecular weight is 138 g/mol. The van der Waals surface area contributed by atoms with Gasteiger partial charge in [0, 0.05) is 31.3 Å². The molecule has 0 heterocycles. The fourth-order valence-corrected chi connectivity index (χ4v) is 0.671. The third-order valence-corrected chi connectivity index (χ3v) is 1.13. The maximum atomic E-state index is 5.39. The van der Waals surface area contributed by atoms with Gasteiger partial charge in [0.05, 0.1) is 0 Å². The Balaban J connectivity index is 3.84. The molecule has 2 N–H and O–H groups in total. The number of nitrogens with two attached hydrogens (primary N) is 1. The number of hydrogen-bond acceptors (Lipinski definition) is 2. The minimum absolute atomic E-state index is 0.655. The smallest absolute Gasteiger partial charge is 0.0276 e. The van der Waals surface area contributed by atoms with Gasteiger partial charge in [0.25, 0.3) is 0 Å². The molecule has 0 atom stereocenters. The van der Waals surface area contributed by atoms with Crippen molar-refractivity contribution in [3.63, 3.8) is 0 Å². The van der Waals surface area contributed by atoms with Gasteiger partial charge >= 0.3 is 0 Å². The molecule has 0 aliphatic heterocycles. The third-order valence-electron chi connectivity index (χ3n) is 1.13. The normalized spacial score (nSPS) is 11.1. The van der Waals surface area contributed by atoms with Crippen LogP contribution in [0.2, 0.25) is 0 Å². The Morgan fingerprint density at radius 2 is 2.30 bits per heavy atom. The quantitative estimate of drug-likeness (QED) is 0.464. The summed E-state index contributed by atoms with van der Waals surface area (Å²) in [5.74, 6) is 0. The molecule has 0 rings (SSSR count). The number of hydrogen-bond donors (Lipinski definition) is 1. The van der Waals surface area contributed by atoms with Crippen LogP contribution in [0.25, 0.3) is 0 Å². The van der Waals surface area contributed by atoms with Crippen LogP contribution in [0.4, 0.5) is 0 Å². The first-order chi connectivity index (χ1) is 4.70. The first kappa shape index (κ1) is 8.95. The predicted octanol–water partition coefficient (Wildman–Crippen LogP) is 1.50. The summed E-state index contributed by atoms with van der Waals surface area (Å²) in [6.07, 6.45) is 3.29. The highest BCUT2D eigenvalue weighted by atomic mass is 14.7. The summed E-state index contributed by atoms with van der Waals surface area (Å²) < 4.78 is 0. The Labute approximate surface area is 62.1 Å². The summed E-state index contributed by atoms with van der Waals surface area (Å²) in [5.41, 5.74) is 7.07. The highest BCUT2D eigenvalue weighted by Crippen LogP contribution is 1.97. The van der Waals surface area contributed by atoms with Gasteiger partial charge in [0.1, 0.15) is 0 Å². The van der Waals surface area contributed by atoms with Crippen LogP contribution in [0.5, 0.6) is 0 Å². The second-order valence-electron chi connectivity index (χ2n) is 2.12. The third kappa shape index (κ3) is 3.89. The van der Waals surface area contributed by atoms with E-state index in [-0.39, 0.29) is 0 Å². The molecule has 0 aliphatic carbocycles. The van der Waals surface area contributed by atoms with E-state index in [1.54, 1.807) is 7.05 Å². The molecule has 0 saturated heterocycles. The maximum Gasteiger partial charge on any atom is 0.0276 e. The largest absolute Gasteiger partial charge is 0.402 e. The van der Waals surface area contributed by atoms with E-state index < -0.39 is 0 Å². The van der Waals surface area contributed by atoms with Gasteiger partial charge in [-0.15, -0.1) is 6.58 Å². The van der Waals surface area contributed by atoms with E-state index in [2.05, 4.69) is 18.2 Å². The standard InChI is InChI=1S/C8H14N2/c1-4-5-8(10-3)6-7(2)9/h4H,1-2,5-6,9H2,3H3. The number of aliphatic imine (C=N–C) groups is 1. The van der Waals surface area contributed by atoms with E-state index in [0.29, 0.717) is 12.1 Å². The zero-order valence-electron chi connectivity index (χ0n) is 6.43. The Kier molecular flexibility index (Phi) is 4.29. The van der Waals surface area contributed by atoms with Crippen molar-refractivity contribution in [2.24, 2.45) is 10.7 Å². The first-order valence-corrected chi connectivity index (χ1v) is 3.19. The molecule has 0 unspecified atom stereocenters. The van der Waals surface area contributed by atoms with Crippen LogP contribution in [0.1, 0.15) is 12.8 Å². The molecule has 10 heavy (non-hydrogen) atoms. The Morgan fingerprint density at radius 1 is 1.70 bits per heavy atom. The summed E-state index contributed by atoms with van der Waals surface area (Å²) in [6.45, 7) is 7.19. The van der Waals surface area contributed by atoms with Crippen molar-refractivity contribution in [3.8, 4) is 0 Å². The second-order valence-corrected chi connectivity index (χ2v) is 2.12. The van der Waals surface area contributed by atoms with Crippen LogP contribution in [0, 0.1) is 0 Å². The SMILES string of the molecule is C=CCC(CC(=C)N)=NC. The number of rotatable bonds is 4.